The van der Waals surface area contributed by atoms with E-state index in [9.17, 15) is 13.2 Å². The van der Waals surface area contributed by atoms with Crippen LogP contribution in [0, 0.1) is 0 Å². The zero-order valence-electron chi connectivity index (χ0n) is 12.3. The first-order chi connectivity index (χ1) is 9.77. The maximum atomic E-state index is 13.2. The van der Waals surface area contributed by atoms with Crippen LogP contribution in [0.15, 0.2) is 18.2 Å². The molecule has 2 atom stereocenters. The molecule has 0 aromatic heterocycles. The topological polar surface area (TPSA) is 38.5 Å². The van der Waals surface area contributed by atoms with Gasteiger partial charge in [0.2, 0.25) is 0 Å². The molecule has 0 radical (unpaired) electrons. The molecule has 2 rings (SSSR count). The third-order valence-electron chi connectivity index (χ3n) is 3.55. The van der Waals surface area contributed by atoms with Crippen molar-refractivity contribution in [1.82, 2.24) is 0 Å². The van der Waals surface area contributed by atoms with Gasteiger partial charge in [-0.2, -0.15) is 13.2 Å². The summed E-state index contributed by atoms with van der Waals surface area (Å²) in [6.07, 6.45) is -4.12. The first kappa shape index (κ1) is 16.1. The molecule has 1 saturated heterocycles. The second-order valence-corrected chi connectivity index (χ2v) is 5.65. The average Bonchev–Trinajstić information content (AvgIpc) is 2.37. The lowest BCUT2D eigenvalue weighted by Crippen LogP contribution is -2.41. The molecule has 118 valence electrons. The Morgan fingerprint density at radius 3 is 2.71 bits per heavy atom. The van der Waals surface area contributed by atoms with Gasteiger partial charge in [0.1, 0.15) is 0 Å². The number of alkyl halides is 3. The maximum Gasteiger partial charge on any atom is 0.416 e. The summed E-state index contributed by atoms with van der Waals surface area (Å²) in [5, 5.41) is 0. The Labute approximate surface area is 122 Å². The number of benzene rings is 1. The number of anilines is 1. The number of nitrogens with two attached hydrogens (primary N) is 1. The minimum atomic E-state index is -4.36. The van der Waals surface area contributed by atoms with E-state index in [1.165, 1.54) is 6.07 Å². The van der Waals surface area contributed by atoms with Crippen molar-refractivity contribution in [3.05, 3.63) is 29.3 Å². The minimum absolute atomic E-state index is 0.0248. The van der Waals surface area contributed by atoms with Crippen molar-refractivity contribution in [2.45, 2.75) is 38.6 Å². The fourth-order valence-electron chi connectivity index (χ4n) is 2.60. The summed E-state index contributed by atoms with van der Waals surface area (Å²) in [4.78, 5) is 1.93. The molecule has 6 heteroatoms. The molecule has 0 aliphatic carbocycles. The molecule has 0 saturated carbocycles. The summed E-state index contributed by atoms with van der Waals surface area (Å²) in [7, 11) is 0. The Bertz CT molecular complexity index is 488. The van der Waals surface area contributed by atoms with Gasteiger partial charge in [0, 0.05) is 24.8 Å². The highest BCUT2D eigenvalue weighted by Gasteiger charge is 2.34. The highest BCUT2D eigenvalue weighted by atomic mass is 19.4. The van der Waals surface area contributed by atoms with Crippen LogP contribution in [-0.4, -0.2) is 31.8 Å². The van der Waals surface area contributed by atoms with Crippen LogP contribution in [0.2, 0.25) is 0 Å². The standard InChI is InChI=1S/C15H21F3N2O/c1-10(19)7-12-3-4-13(8-14(12)15(16,17)18)20-5-6-21-11(2)9-20/h3-4,8,10-11H,5-7,9,19H2,1-2H3. The van der Waals surface area contributed by atoms with Gasteiger partial charge in [-0.25, -0.2) is 0 Å². The molecule has 2 N–H and O–H groups in total. The van der Waals surface area contributed by atoms with Crippen LogP contribution in [0.3, 0.4) is 0 Å². The van der Waals surface area contributed by atoms with E-state index in [0.29, 0.717) is 25.4 Å². The molecule has 1 heterocycles. The zero-order chi connectivity index (χ0) is 15.6. The van der Waals surface area contributed by atoms with Crippen LogP contribution in [0.5, 0.6) is 0 Å². The van der Waals surface area contributed by atoms with E-state index >= 15 is 0 Å². The second kappa shape index (κ2) is 6.23. The molecule has 3 nitrogen and oxygen atoms in total. The number of morpholine rings is 1. The predicted octanol–water partition coefficient (Wildman–Crippen LogP) is 2.82. The first-order valence-corrected chi connectivity index (χ1v) is 7.09. The summed E-state index contributed by atoms with van der Waals surface area (Å²) in [5.74, 6) is 0. The van der Waals surface area contributed by atoms with Gasteiger partial charge in [0.05, 0.1) is 18.3 Å². The fourth-order valence-corrected chi connectivity index (χ4v) is 2.60. The Kier molecular flexibility index (Phi) is 4.78. The highest BCUT2D eigenvalue weighted by molar-refractivity contribution is 5.52. The number of hydrogen-bond acceptors (Lipinski definition) is 3. The summed E-state index contributed by atoms with van der Waals surface area (Å²) in [5.41, 5.74) is 5.90. The van der Waals surface area contributed by atoms with Crippen LogP contribution in [0.1, 0.15) is 25.0 Å². The molecule has 0 spiro atoms. The smallest absolute Gasteiger partial charge is 0.375 e. The molecular formula is C15H21F3N2O. The molecule has 0 amide bonds. The quantitative estimate of drug-likeness (QED) is 0.933. The minimum Gasteiger partial charge on any atom is -0.375 e. The predicted molar refractivity (Wildman–Crippen MR) is 76.4 cm³/mol. The third kappa shape index (κ3) is 4.11. The monoisotopic (exact) mass is 302 g/mol. The molecule has 1 aromatic rings. The van der Waals surface area contributed by atoms with Gasteiger partial charge in [0.15, 0.2) is 0 Å². The van der Waals surface area contributed by atoms with Gasteiger partial charge >= 0.3 is 6.18 Å². The Balaban J connectivity index is 2.32. The molecule has 1 aliphatic heterocycles. The van der Waals surface area contributed by atoms with Gasteiger partial charge in [-0.1, -0.05) is 6.07 Å². The molecule has 1 aliphatic rings. The van der Waals surface area contributed by atoms with Gasteiger partial charge in [-0.05, 0) is 38.0 Å². The fraction of sp³-hybridized carbons (Fsp3) is 0.600. The first-order valence-electron chi connectivity index (χ1n) is 7.09. The van der Waals surface area contributed by atoms with E-state index in [2.05, 4.69) is 0 Å². The van der Waals surface area contributed by atoms with E-state index in [0.717, 1.165) is 0 Å². The second-order valence-electron chi connectivity index (χ2n) is 5.65. The Morgan fingerprint density at radius 1 is 1.43 bits per heavy atom. The summed E-state index contributed by atoms with van der Waals surface area (Å²) >= 11 is 0. The van der Waals surface area contributed by atoms with Crippen LogP contribution in [0.25, 0.3) is 0 Å². The highest BCUT2D eigenvalue weighted by Crippen LogP contribution is 2.35. The van der Waals surface area contributed by atoms with Crippen molar-refractivity contribution in [1.29, 1.82) is 0 Å². The zero-order valence-corrected chi connectivity index (χ0v) is 12.3. The lowest BCUT2D eigenvalue weighted by atomic mass is 9.99. The van der Waals surface area contributed by atoms with Crippen molar-refractivity contribution < 1.29 is 17.9 Å². The Morgan fingerprint density at radius 2 is 2.14 bits per heavy atom. The summed E-state index contributed by atoms with van der Waals surface area (Å²) in [6.45, 7) is 5.36. The third-order valence-corrected chi connectivity index (χ3v) is 3.55. The van der Waals surface area contributed by atoms with Crippen LogP contribution in [0.4, 0.5) is 18.9 Å². The van der Waals surface area contributed by atoms with Crippen LogP contribution >= 0.6 is 0 Å². The van der Waals surface area contributed by atoms with E-state index in [1.54, 1.807) is 19.1 Å². The molecule has 1 aromatic carbocycles. The van der Waals surface area contributed by atoms with E-state index in [1.807, 2.05) is 11.8 Å². The van der Waals surface area contributed by atoms with Gasteiger partial charge in [0.25, 0.3) is 0 Å². The molecule has 21 heavy (non-hydrogen) atoms. The lowest BCUT2D eigenvalue weighted by molar-refractivity contribution is -0.138. The van der Waals surface area contributed by atoms with Gasteiger partial charge < -0.3 is 15.4 Å². The number of halogens is 3. The number of rotatable bonds is 3. The van der Waals surface area contributed by atoms with E-state index in [-0.39, 0.29) is 24.1 Å². The van der Waals surface area contributed by atoms with Crippen molar-refractivity contribution in [3.8, 4) is 0 Å². The van der Waals surface area contributed by atoms with Crippen molar-refractivity contribution in [2.24, 2.45) is 5.73 Å². The number of nitrogens with zero attached hydrogens (tertiary/aromatic N) is 1. The number of hydrogen-bond donors (Lipinski definition) is 1. The van der Waals surface area contributed by atoms with Gasteiger partial charge in [-0.15, -0.1) is 0 Å². The molecular weight excluding hydrogens is 281 g/mol. The van der Waals surface area contributed by atoms with Crippen molar-refractivity contribution >= 4 is 5.69 Å². The van der Waals surface area contributed by atoms with E-state index in [4.69, 9.17) is 10.5 Å². The summed E-state index contributed by atoms with van der Waals surface area (Å²) < 4.78 is 45.1. The Hall–Kier alpha value is -1.27. The van der Waals surface area contributed by atoms with Crippen LogP contribution in [-0.2, 0) is 17.3 Å². The molecule has 0 bridgehead atoms. The van der Waals surface area contributed by atoms with Crippen molar-refractivity contribution in [3.63, 3.8) is 0 Å². The van der Waals surface area contributed by atoms with Crippen molar-refractivity contribution in [2.75, 3.05) is 24.6 Å². The van der Waals surface area contributed by atoms with E-state index < -0.39 is 11.7 Å². The largest absolute Gasteiger partial charge is 0.416 e. The van der Waals surface area contributed by atoms with Gasteiger partial charge in [-0.3, -0.25) is 0 Å². The lowest BCUT2D eigenvalue weighted by Gasteiger charge is -2.33. The number of ether oxygens (including phenoxy) is 1. The maximum absolute atomic E-state index is 13.2. The molecule has 2 unspecified atom stereocenters. The average molecular weight is 302 g/mol. The van der Waals surface area contributed by atoms with Crippen LogP contribution < -0.4 is 10.6 Å². The normalized spacial score (nSPS) is 21.4. The SMILES string of the molecule is CC(N)Cc1ccc(N2CCOC(C)C2)cc1C(F)(F)F. The molecule has 1 fully saturated rings. The summed E-state index contributed by atoms with van der Waals surface area (Å²) in [6, 6.07) is 4.21.